The zero-order chi connectivity index (χ0) is 13.8. The maximum Gasteiger partial charge on any atom is 0.304 e. The van der Waals surface area contributed by atoms with E-state index in [1.807, 2.05) is 6.92 Å². The second kappa shape index (κ2) is 5.77. The number of aliphatic carboxylic acids is 1. The van der Waals surface area contributed by atoms with Crippen molar-refractivity contribution in [3.8, 4) is 0 Å². The van der Waals surface area contributed by atoms with E-state index in [4.69, 9.17) is 5.11 Å². The van der Waals surface area contributed by atoms with Gasteiger partial charge in [-0.3, -0.25) is 9.59 Å². The van der Waals surface area contributed by atoms with E-state index in [0.717, 1.165) is 5.56 Å². The molecule has 0 radical (unpaired) electrons. The first-order valence-electron chi connectivity index (χ1n) is 5.32. The summed E-state index contributed by atoms with van der Waals surface area (Å²) in [7, 11) is -3.66. The summed E-state index contributed by atoms with van der Waals surface area (Å²) in [5.41, 5.74) is 1.29. The molecule has 0 aromatic heterocycles. The Morgan fingerprint density at radius 2 is 1.72 bits per heavy atom. The molecule has 0 atom stereocenters. The number of carbonyl (C=O) groups excluding carboxylic acids is 1. The highest BCUT2D eigenvalue weighted by Gasteiger charge is 2.19. The third kappa shape index (κ3) is 4.67. The van der Waals surface area contributed by atoms with E-state index >= 15 is 0 Å². The molecule has 0 bridgehead atoms. The lowest BCUT2D eigenvalue weighted by molar-refractivity contribution is -0.136. The van der Waals surface area contributed by atoms with Crippen molar-refractivity contribution in [2.45, 2.75) is 13.3 Å². The first-order chi connectivity index (χ1) is 8.30. The summed E-state index contributed by atoms with van der Waals surface area (Å²) >= 11 is 0. The molecule has 98 valence electrons. The van der Waals surface area contributed by atoms with Crippen LogP contribution in [0, 0.1) is 6.92 Å². The van der Waals surface area contributed by atoms with Gasteiger partial charge < -0.3 is 5.11 Å². The number of Topliss-reactive ketones (excluding diaryl/α,β-unsaturated/α-hetero) is 1. The lowest BCUT2D eigenvalue weighted by Crippen LogP contribution is -2.20. The zero-order valence-corrected chi connectivity index (χ0v) is 10.7. The van der Waals surface area contributed by atoms with Gasteiger partial charge in [0.05, 0.1) is 12.2 Å². The monoisotopic (exact) mass is 270 g/mol. The number of benzene rings is 1. The fraction of sp³-hybridized carbons (Fsp3) is 0.333. The Labute approximate surface area is 105 Å². The standard InChI is InChI=1S/C12H14O5S/c1-9-2-4-10(5-3-9)11(13)8-18(16,17)7-6-12(14)15/h2-5H,6-8H2,1H3,(H,14,15). The van der Waals surface area contributed by atoms with Gasteiger partial charge in [-0.2, -0.15) is 0 Å². The molecule has 1 aromatic carbocycles. The normalized spacial score (nSPS) is 11.2. The van der Waals surface area contributed by atoms with Crippen LogP contribution in [0.2, 0.25) is 0 Å². The van der Waals surface area contributed by atoms with Crippen LogP contribution in [0.15, 0.2) is 24.3 Å². The summed E-state index contributed by atoms with van der Waals surface area (Å²) in [5, 5.41) is 8.41. The van der Waals surface area contributed by atoms with Gasteiger partial charge in [0.2, 0.25) is 0 Å². The predicted molar refractivity (Wildman–Crippen MR) is 66.4 cm³/mol. The van der Waals surface area contributed by atoms with Crippen molar-refractivity contribution in [3.05, 3.63) is 35.4 Å². The Hall–Kier alpha value is -1.69. The maximum atomic E-state index is 11.7. The average molecular weight is 270 g/mol. The second-order valence-electron chi connectivity index (χ2n) is 4.02. The largest absolute Gasteiger partial charge is 0.481 e. The van der Waals surface area contributed by atoms with Crippen LogP contribution < -0.4 is 0 Å². The molecular weight excluding hydrogens is 256 g/mol. The number of hydrogen-bond donors (Lipinski definition) is 1. The first kappa shape index (κ1) is 14.4. The summed E-state index contributed by atoms with van der Waals surface area (Å²) < 4.78 is 23.0. The minimum Gasteiger partial charge on any atom is -0.481 e. The van der Waals surface area contributed by atoms with Crippen molar-refractivity contribution in [1.29, 1.82) is 0 Å². The van der Waals surface area contributed by atoms with E-state index in [0.29, 0.717) is 5.56 Å². The molecule has 0 unspecified atom stereocenters. The third-order valence-electron chi connectivity index (χ3n) is 2.35. The quantitative estimate of drug-likeness (QED) is 0.781. The number of carboxylic acids is 1. The van der Waals surface area contributed by atoms with E-state index in [-0.39, 0.29) is 0 Å². The highest BCUT2D eigenvalue weighted by Crippen LogP contribution is 2.06. The smallest absolute Gasteiger partial charge is 0.304 e. The van der Waals surface area contributed by atoms with Gasteiger partial charge in [-0.1, -0.05) is 29.8 Å². The zero-order valence-electron chi connectivity index (χ0n) is 9.92. The molecular formula is C12H14O5S. The van der Waals surface area contributed by atoms with Crippen molar-refractivity contribution >= 4 is 21.6 Å². The summed E-state index contributed by atoms with van der Waals surface area (Å²) in [6.07, 6.45) is -0.483. The summed E-state index contributed by atoms with van der Waals surface area (Å²) in [5.74, 6) is -2.87. The molecule has 1 rings (SSSR count). The number of hydrogen-bond acceptors (Lipinski definition) is 4. The summed E-state index contributed by atoms with van der Waals surface area (Å²) in [6, 6.07) is 6.56. The molecule has 0 fully saturated rings. The number of ketones is 1. The molecule has 1 N–H and O–H groups in total. The van der Waals surface area contributed by atoms with E-state index in [1.165, 1.54) is 0 Å². The Kier molecular flexibility index (Phi) is 4.61. The van der Waals surface area contributed by atoms with Crippen LogP contribution in [0.25, 0.3) is 0 Å². The van der Waals surface area contributed by atoms with Gasteiger partial charge >= 0.3 is 5.97 Å². The van der Waals surface area contributed by atoms with Gasteiger partial charge in [0.1, 0.15) is 5.75 Å². The van der Waals surface area contributed by atoms with Crippen LogP contribution in [-0.4, -0.2) is 36.8 Å². The minimum atomic E-state index is -3.66. The predicted octanol–water partition coefficient (Wildman–Crippen LogP) is 1.07. The number of carbonyl (C=O) groups is 2. The van der Waals surface area contributed by atoms with E-state index in [1.54, 1.807) is 24.3 Å². The van der Waals surface area contributed by atoms with Crippen LogP contribution >= 0.6 is 0 Å². The van der Waals surface area contributed by atoms with E-state index in [2.05, 4.69) is 0 Å². The Morgan fingerprint density at radius 3 is 2.22 bits per heavy atom. The van der Waals surface area contributed by atoms with Crippen LogP contribution in [0.3, 0.4) is 0 Å². The van der Waals surface area contributed by atoms with Crippen molar-refractivity contribution in [2.75, 3.05) is 11.5 Å². The molecule has 0 spiro atoms. The van der Waals surface area contributed by atoms with Crippen molar-refractivity contribution in [3.63, 3.8) is 0 Å². The van der Waals surface area contributed by atoms with E-state index in [9.17, 15) is 18.0 Å². The molecule has 0 heterocycles. The Bertz CT molecular complexity index is 542. The van der Waals surface area contributed by atoms with E-state index < -0.39 is 39.5 Å². The maximum absolute atomic E-state index is 11.7. The molecule has 0 saturated carbocycles. The summed E-state index contributed by atoms with van der Waals surface area (Å²) in [6.45, 7) is 1.86. The number of sulfone groups is 1. The van der Waals surface area contributed by atoms with Gasteiger partial charge in [-0.05, 0) is 6.92 Å². The van der Waals surface area contributed by atoms with Crippen LogP contribution in [0.4, 0.5) is 0 Å². The first-order valence-corrected chi connectivity index (χ1v) is 7.14. The Morgan fingerprint density at radius 1 is 1.17 bits per heavy atom. The van der Waals surface area contributed by atoms with Crippen LogP contribution in [0.1, 0.15) is 22.3 Å². The van der Waals surface area contributed by atoms with Gasteiger partial charge in [0.25, 0.3) is 0 Å². The third-order valence-corrected chi connectivity index (χ3v) is 3.88. The molecule has 1 aromatic rings. The molecule has 0 amide bonds. The van der Waals surface area contributed by atoms with Crippen molar-refractivity contribution < 1.29 is 23.1 Å². The minimum absolute atomic E-state index is 0.319. The molecule has 5 nitrogen and oxygen atoms in total. The molecule has 18 heavy (non-hydrogen) atoms. The average Bonchev–Trinajstić information content (AvgIpc) is 2.27. The lowest BCUT2D eigenvalue weighted by Gasteiger charge is -2.03. The Balaban J connectivity index is 2.69. The number of carboxylic acid groups (broad SMARTS) is 1. The highest BCUT2D eigenvalue weighted by molar-refractivity contribution is 7.92. The number of aryl methyl sites for hydroxylation is 1. The van der Waals surface area contributed by atoms with Crippen LogP contribution in [-0.2, 0) is 14.6 Å². The second-order valence-corrected chi connectivity index (χ2v) is 6.21. The molecule has 0 aliphatic heterocycles. The van der Waals surface area contributed by atoms with Crippen molar-refractivity contribution in [1.82, 2.24) is 0 Å². The molecule has 0 saturated heterocycles. The fourth-order valence-electron chi connectivity index (χ4n) is 1.34. The molecule has 0 aliphatic carbocycles. The number of rotatable bonds is 6. The van der Waals surface area contributed by atoms with Gasteiger partial charge in [-0.25, -0.2) is 8.42 Å². The topological polar surface area (TPSA) is 88.5 Å². The van der Waals surface area contributed by atoms with Crippen molar-refractivity contribution in [2.24, 2.45) is 0 Å². The fourth-order valence-corrected chi connectivity index (χ4v) is 2.53. The molecule has 6 heteroatoms. The van der Waals surface area contributed by atoms with Crippen LogP contribution in [0.5, 0.6) is 0 Å². The SMILES string of the molecule is Cc1ccc(C(=O)CS(=O)(=O)CCC(=O)O)cc1. The summed E-state index contributed by atoms with van der Waals surface area (Å²) in [4.78, 5) is 22.0. The van der Waals surface area contributed by atoms with Gasteiger partial charge in [0.15, 0.2) is 15.6 Å². The van der Waals surface area contributed by atoms with Gasteiger partial charge in [0, 0.05) is 5.56 Å². The van der Waals surface area contributed by atoms with Gasteiger partial charge in [-0.15, -0.1) is 0 Å². The highest BCUT2D eigenvalue weighted by atomic mass is 32.2. The molecule has 0 aliphatic rings. The lowest BCUT2D eigenvalue weighted by atomic mass is 10.1.